The summed E-state index contributed by atoms with van der Waals surface area (Å²) in [5.74, 6) is -0.234. The van der Waals surface area contributed by atoms with Crippen LogP contribution in [0.5, 0.6) is 0 Å². The SMILES string of the molecule is CC(=O)CCCCCC(=O)N[C@H]1C(=O)OC[C@H]1C. The highest BCUT2D eigenvalue weighted by Crippen LogP contribution is 2.14. The fourth-order valence-corrected chi connectivity index (χ4v) is 1.91. The maximum Gasteiger partial charge on any atom is 0.329 e. The van der Waals surface area contributed by atoms with Crippen molar-refractivity contribution in [3.63, 3.8) is 0 Å². The molecule has 0 unspecified atom stereocenters. The van der Waals surface area contributed by atoms with Crippen LogP contribution in [-0.2, 0) is 19.1 Å². The van der Waals surface area contributed by atoms with Gasteiger partial charge in [-0.15, -0.1) is 0 Å². The molecule has 1 fully saturated rings. The monoisotopic (exact) mass is 255 g/mol. The zero-order valence-corrected chi connectivity index (χ0v) is 11.0. The molecule has 5 heteroatoms. The van der Waals surface area contributed by atoms with Gasteiger partial charge in [0.15, 0.2) is 0 Å². The third kappa shape index (κ3) is 4.85. The van der Waals surface area contributed by atoms with Crippen molar-refractivity contribution in [2.45, 2.75) is 52.0 Å². The number of Topliss-reactive ketones (excluding diaryl/α,β-unsaturated/α-hetero) is 1. The number of rotatable bonds is 7. The van der Waals surface area contributed by atoms with E-state index < -0.39 is 6.04 Å². The van der Waals surface area contributed by atoms with Crippen molar-refractivity contribution >= 4 is 17.7 Å². The zero-order chi connectivity index (χ0) is 13.5. The molecule has 1 saturated heterocycles. The summed E-state index contributed by atoms with van der Waals surface area (Å²) in [4.78, 5) is 33.6. The van der Waals surface area contributed by atoms with Crippen LogP contribution in [-0.4, -0.2) is 30.3 Å². The van der Waals surface area contributed by atoms with E-state index in [-0.39, 0.29) is 23.6 Å². The van der Waals surface area contributed by atoms with Gasteiger partial charge in [-0.25, -0.2) is 4.79 Å². The highest BCUT2D eigenvalue weighted by atomic mass is 16.5. The number of nitrogens with one attached hydrogen (secondary N) is 1. The first-order valence-corrected chi connectivity index (χ1v) is 6.46. The van der Waals surface area contributed by atoms with Gasteiger partial charge in [0, 0.05) is 18.8 Å². The zero-order valence-electron chi connectivity index (χ0n) is 11.0. The smallest absolute Gasteiger partial charge is 0.329 e. The fraction of sp³-hybridized carbons (Fsp3) is 0.769. The molecule has 1 aliphatic heterocycles. The standard InChI is InChI=1S/C13H21NO4/c1-9-8-18-13(17)12(9)14-11(16)7-5-3-4-6-10(2)15/h9,12H,3-8H2,1-2H3,(H,14,16)/t9-,12-/m1/s1. The van der Waals surface area contributed by atoms with Gasteiger partial charge in [-0.05, 0) is 19.8 Å². The molecule has 102 valence electrons. The number of hydrogen-bond donors (Lipinski definition) is 1. The maximum atomic E-state index is 11.6. The molecule has 1 heterocycles. The molecule has 0 radical (unpaired) electrons. The minimum atomic E-state index is -0.491. The van der Waals surface area contributed by atoms with Crippen LogP contribution in [0.15, 0.2) is 0 Å². The number of hydrogen-bond acceptors (Lipinski definition) is 4. The number of carbonyl (C=O) groups is 3. The lowest BCUT2D eigenvalue weighted by Gasteiger charge is -2.12. The second-order valence-electron chi connectivity index (χ2n) is 4.92. The Kier molecular flexibility index (Phi) is 5.82. The summed E-state index contributed by atoms with van der Waals surface area (Å²) >= 11 is 0. The topological polar surface area (TPSA) is 72.5 Å². The Morgan fingerprint density at radius 1 is 1.28 bits per heavy atom. The molecule has 0 aliphatic carbocycles. The van der Waals surface area contributed by atoms with Crippen molar-refractivity contribution < 1.29 is 19.1 Å². The lowest BCUT2D eigenvalue weighted by molar-refractivity contribution is -0.141. The Balaban J connectivity index is 2.14. The molecule has 0 spiro atoms. The first kappa shape index (κ1) is 14.7. The molecule has 1 rings (SSSR count). The molecule has 18 heavy (non-hydrogen) atoms. The summed E-state index contributed by atoms with van der Waals surface area (Å²) in [7, 11) is 0. The molecule has 5 nitrogen and oxygen atoms in total. The molecule has 0 aromatic heterocycles. The van der Waals surface area contributed by atoms with E-state index in [2.05, 4.69) is 5.32 Å². The van der Waals surface area contributed by atoms with Gasteiger partial charge in [-0.2, -0.15) is 0 Å². The van der Waals surface area contributed by atoms with Crippen molar-refractivity contribution in [1.29, 1.82) is 0 Å². The summed E-state index contributed by atoms with van der Waals surface area (Å²) in [5.41, 5.74) is 0. The summed E-state index contributed by atoms with van der Waals surface area (Å²) in [6.45, 7) is 3.82. The van der Waals surface area contributed by atoms with Gasteiger partial charge in [0.2, 0.25) is 5.91 Å². The van der Waals surface area contributed by atoms with E-state index in [0.717, 1.165) is 19.3 Å². The molecule has 0 aromatic carbocycles. The van der Waals surface area contributed by atoms with Crippen LogP contribution >= 0.6 is 0 Å². The molecule has 2 atom stereocenters. The van der Waals surface area contributed by atoms with E-state index >= 15 is 0 Å². The van der Waals surface area contributed by atoms with Gasteiger partial charge in [0.05, 0.1) is 6.61 Å². The van der Waals surface area contributed by atoms with Gasteiger partial charge < -0.3 is 14.8 Å². The number of ketones is 1. The first-order valence-electron chi connectivity index (χ1n) is 6.46. The minimum Gasteiger partial charge on any atom is -0.464 e. The van der Waals surface area contributed by atoms with Crippen LogP contribution in [0.3, 0.4) is 0 Å². The van der Waals surface area contributed by atoms with E-state index in [0.29, 0.717) is 19.4 Å². The van der Waals surface area contributed by atoms with Gasteiger partial charge in [-0.1, -0.05) is 13.3 Å². The van der Waals surface area contributed by atoms with Crippen LogP contribution < -0.4 is 5.32 Å². The number of ether oxygens (including phenoxy) is 1. The van der Waals surface area contributed by atoms with Gasteiger partial charge in [0.25, 0.3) is 0 Å². The van der Waals surface area contributed by atoms with E-state index in [9.17, 15) is 14.4 Å². The van der Waals surface area contributed by atoms with Crippen LogP contribution in [0, 0.1) is 5.92 Å². The van der Waals surface area contributed by atoms with E-state index in [1.165, 1.54) is 0 Å². The fourth-order valence-electron chi connectivity index (χ4n) is 1.91. The average molecular weight is 255 g/mol. The van der Waals surface area contributed by atoms with Crippen molar-refractivity contribution in [2.24, 2.45) is 5.92 Å². The van der Waals surface area contributed by atoms with Crippen LogP contribution in [0.25, 0.3) is 0 Å². The summed E-state index contributed by atoms with van der Waals surface area (Å²) in [5, 5.41) is 2.70. The van der Waals surface area contributed by atoms with E-state index in [4.69, 9.17) is 4.74 Å². The maximum absolute atomic E-state index is 11.6. The summed E-state index contributed by atoms with van der Waals surface area (Å²) in [6, 6.07) is -0.491. The predicted molar refractivity (Wildman–Crippen MR) is 65.8 cm³/mol. The Morgan fingerprint density at radius 3 is 2.50 bits per heavy atom. The predicted octanol–water partition coefficient (Wildman–Crippen LogP) is 1.20. The number of amides is 1. The van der Waals surface area contributed by atoms with Crippen LogP contribution in [0.2, 0.25) is 0 Å². The normalized spacial score (nSPS) is 22.7. The number of cyclic esters (lactones) is 1. The molecule has 0 bridgehead atoms. The first-order chi connectivity index (χ1) is 8.50. The summed E-state index contributed by atoms with van der Waals surface area (Å²) < 4.78 is 4.86. The highest BCUT2D eigenvalue weighted by molar-refractivity contribution is 5.85. The third-order valence-corrected chi connectivity index (χ3v) is 3.06. The lowest BCUT2D eigenvalue weighted by Crippen LogP contribution is -2.41. The number of unbranched alkanes of at least 4 members (excludes halogenated alkanes) is 2. The molecule has 0 aromatic rings. The Labute approximate surface area is 107 Å². The van der Waals surface area contributed by atoms with Crippen LogP contribution in [0.1, 0.15) is 46.0 Å². The van der Waals surface area contributed by atoms with Crippen molar-refractivity contribution in [2.75, 3.05) is 6.61 Å². The lowest BCUT2D eigenvalue weighted by atomic mass is 10.1. The van der Waals surface area contributed by atoms with Crippen molar-refractivity contribution in [3.8, 4) is 0 Å². The van der Waals surface area contributed by atoms with Crippen molar-refractivity contribution in [1.82, 2.24) is 5.32 Å². The number of carbonyl (C=O) groups excluding carboxylic acids is 3. The Hall–Kier alpha value is -1.39. The molecule has 1 aliphatic rings. The average Bonchev–Trinajstić information content (AvgIpc) is 2.60. The Bertz CT molecular complexity index is 327. The summed E-state index contributed by atoms with van der Waals surface area (Å²) in [6.07, 6.45) is 3.40. The van der Waals surface area contributed by atoms with Crippen molar-refractivity contribution in [3.05, 3.63) is 0 Å². The van der Waals surface area contributed by atoms with Gasteiger partial charge in [-0.3, -0.25) is 4.79 Å². The Morgan fingerprint density at radius 2 is 1.94 bits per heavy atom. The number of esters is 1. The quantitative estimate of drug-likeness (QED) is 0.548. The molecule has 1 N–H and O–H groups in total. The third-order valence-electron chi connectivity index (χ3n) is 3.06. The van der Waals surface area contributed by atoms with E-state index in [1.54, 1.807) is 6.92 Å². The second kappa shape index (κ2) is 7.13. The van der Waals surface area contributed by atoms with E-state index in [1.807, 2.05) is 6.92 Å². The molecular weight excluding hydrogens is 234 g/mol. The minimum absolute atomic E-state index is 0.0409. The van der Waals surface area contributed by atoms with Gasteiger partial charge in [0.1, 0.15) is 11.8 Å². The van der Waals surface area contributed by atoms with Crippen LogP contribution in [0.4, 0.5) is 0 Å². The van der Waals surface area contributed by atoms with Gasteiger partial charge >= 0.3 is 5.97 Å². The largest absolute Gasteiger partial charge is 0.464 e. The molecular formula is C13H21NO4. The molecule has 1 amide bonds. The highest BCUT2D eigenvalue weighted by Gasteiger charge is 2.34. The molecule has 0 saturated carbocycles. The second-order valence-corrected chi connectivity index (χ2v) is 4.92.